The Balaban J connectivity index is 2.26. The van der Waals surface area contributed by atoms with Crippen molar-refractivity contribution in [3.8, 4) is 0 Å². The fourth-order valence-corrected chi connectivity index (χ4v) is 1.71. The van der Waals surface area contributed by atoms with E-state index in [0.29, 0.717) is 21.8 Å². The molecular formula is C9H7Cl3N4. The normalized spacial score (nSPS) is 17.8. The molecule has 0 bridgehead atoms. The van der Waals surface area contributed by atoms with Gasteiger partial charge in [0.25, 0.3) is 0 Å². The van der Waals surface area contributed by atoms with Crippen LogP contribution < -0.4 is 10.7 Å². The third kappa shape index (κ3) is 2.72. The third-order valence-corrected chi connectivity index (χ3v) is 2.46. The maximum Gasteiger partial charge on any atom is 0.222 e. The zero-order chi connectivity index (χ0) is 11.5. The Labute approximate surface area is 108 Å². The highest BCUT2D eigenvalue weighted by Crippen LogP contribution is 2.23. The second kappa shape index (κ2) is 4.82. The first-order valence-corrected chi connectivity index (χ1v) is 5.44. The quantitative estimate of drug-likeness (QED) is 0.612. The number of guanidine groups is 1. The third-order valence-electron chi connectivity index (χ3n) is 1.76. The van der Waals surface area contributed by atoms with E-state index in [4.69, 9.17) is 35.0 Å². The second-order valence-electron chi connectivity index (χ2n) is 2.94. The van der Waals surface area contributed by atoms with Gasteiger partial charge in [0.2, 0.25) is 5.96 Å². The molecule has 1 aliphatic rings. The van der Waals surface area contributed by atoms with Gasteiger partial charge in [-0.1, -0.05) is 35.3 Å². The van der Waals surface area contributed by atoms with E-state index in [1.165, 1.54) is 10.7 Å². The van der Waals surface area contributed by atoms with Crippen LogP contribution in [0.4, 0.5) is 5.69 Å². The van der Waals surface area contributed by atoms with E-state index in [-0.39, 0.29) is 0 Å². The Hall–Kier alpha value is -1.10. The molecule has 1 aliphatic heterocycles. The number of nitrogens with one attached hydrogen (secondary N) is 2. The summed E-state index contributed by atoms with van der Waals surface area (Å²) in [5.74, 6) is 0.399. The van der Waals surface area contributed by atoms with Crippen LogP contribution >= 0.6 is 35.0 Å². The number of nitrogens with zero attached hydrogens (tertiary/aromatic N) is 2. The van der Waals surface area contributed by atoms with Gasteiger partial charge in [-0.05, 0) is 12.1 Å². The Morgan fingerprint density at radius 1 is 1.19 bits per heavy atom. The van der Waals surface area contributed by atoms with E-state index in [1.54, 1.807) is 12.1 Å². The van der Waals surface area contributed by atoms with Gasteiger partial charge in [0.1, 0.15) is 5.16 Å². The van der Waals surface area contributed by atoms with E-state index >= 15 is 0 Å². The summed E-state index contributed by atoms with van der Waals surface area (Å²) in [5, 5.41) is 3.71. The maximum absolute atomic E-state index is 5.96. The van der Waals surface area contributed by atoms with Crippen LogP contribution in [0.2, 0.25) is 5.02 Å². The number of para-hydroxylation sites is 1. The lowest BCUT2D eigenvalue weighted by Crippen LogP contribution is -2.45. The van der Waals surface area contributed by atoms with Crippen molar-refractivity contribution in [1.29, 1.82) is 0 Å². The number of hydrazine groups is 1. The fraction of sp³-hybridized carbons (Fsp3) is 0. The van der Waals surface area contributed by atoms with E-state index in [1.807, 2.05) is 12.1 Å². The largest absolute Gasteiger partial charge is 0.314 e. The van der Waals surface area contributed by atoms with Crippen molar-refractivity contribution in [2.75, 3.05) is 0 Å². The molecule has 84 valence electrons. The summed E-state index contributed by atoms with van der Waals surface area (Å²) in [5.41, 5.74) is 3.36. The van der Waals surface area contributed by atoms with Crippen LogP contribution in [-0.4, -0.2) is 10.5 Å². The Bertz CT molecular complexity index is 458. The molecule has 0 aliphatic carbocycles. The van der Waals surface area contributed by atoms with Gasteiger partial charge in [0, 0.05) is 11.8 Å². The monoisotopic (exact) mass is 276 g/mol. The Morgan fingerprint density at radius 3 is 2.62 bits per heavy atom. The van der Waals surface area contributed by atoms with Crippen molar-refractivity contribution in [2.24, 2.45) is 4.99 Å². The molecule has 4 nitrogen and oxygen atoms in total. The maximum atomic E-state index is 5.96. The highest BCUT2D eigenvalue weighted by Gasteiger charge is 2.11. The van der Waals surface area contributed by atoms with Crippen molar-refractivity contribution in [1.82, 2.24) is 15.3 Å². The number of aliphatic imine (C=N–C) groups is 1. The molecule has 0 unspecified atom stereocenters. The van der Waals surface area contributed by atoms with Crippen LogP contribution in [0.15, 0.2) is 40.6 Å². The minimum absolute atomic E-state index is 0.361. The lowest BCUT2D eigenvalue weighted by atomic mass is 10.3. The van der Waals surface area contributed by atoms with Gasteiger partial charge in [-0.15, -0.1) is 0 Å². The van der Waals surface area contributed by atoms with E-state index in [0.717, 1.165) is 0 Å². The minimum atomic E-state index is 0.361. The average molecular weight is 278 g/mol. The number of hydrogen-bond acceptors (Lipinski definition) is 2. The van der Waals surface area contributed by atoms with Gasteiger partial charge >= 0.3 is 0 Å². The summed E-state index contributed by atoms with van der Waals surface area (Å²) in [4.78, 5) is 4.23. The Morgan fingerprint density at radius 2 is 1.94 bits per heavy atom. The molecule has 16 heavy (non-hydrogen) atoms. The predicted octanol–water partition coefficient (Wildman–Crippen LogP) is 2.93. The number of rotatable bonds is 1. The standard InChI is InChI=1S/C9H7Cl3N4/c10-6-3-1-2-4-7(6)13-9-14-8(11)5-16(12)15-9/h1-5H,(H2,13,14,15). The first kappa shape index (κ1) is 11.4. The van der Waals surface area contributed by atoms with E-state index in [9.17, 15) is 0 Å². The van der Waals surface area contributed by atoms with Gasteiger partial charge in [-0.2, -0.15) is 4.53 Å². The van der Waals surface area contributed by atoms with Crippen molar-refractivity contribution >= 4 is 46.6 Å². The summed E-state index contributed by atoms with van der Waals surface area (Å²) in [6.45, 7) is 0. The molecule has 7 heteroatoms. The predicted molar refractivity (Wildman–Crippen MR) is 66.4 cm³/mol. The molecule has 1 aromatic carbocycles. The first-order valence-electron chi connectivity index (χ1n) is 4.34. The van der Waals surface area contributed by atoms with Gasteiger partial charge in [-0.3, -0.25) is 5.43 Å². The zero-order valence-electron chi connectivity index (χ0n) is 7.92. The molecule has 0 amide bonds. The van der Waals surface area contributed by atoms with Gasteiger partial charge in [0.15, 0.2) is 0 Å². The molecule has 2 rings (SSSR count). The SMILES string of the molecule is ClC1=CN(Cl)NC(=Nc2ccccc2Cl)N1. The second-order valence-corrected chi connectivity index (χ2v) is 4.12. The number of hydrogen-bond donors (Lipinski definition) is 2. The van der Waals surface area contributed by atoms with Crippen LogP contribution in [0.25, 0.3) is 0 Å². The van der Waals surface area contributed by atoms with Crippen molar-refractivity contribution in [3.63, 3.8) is 0 Å². The molecular weight excluding hydrogens is 270 g/mol. The number of halogens is 3. The van der Waals surface area contributed by atoms with E-state index < -0.39 is 0 Å². The molecule has 0 aromatic heterocycles. The van der Waals surface area contributed by atoms with Crippen molar-refractivity contribution in [2.45, 2.75) is 0 Å². The summed E-state index contributed by atoms with van der Waals surface area (Å²) in [6.07, 6.45) is 1.47. The average Bonchev–Trinajstić information content (AvgIpc) is 2.20. The summed E-state index contributed by atoms with van der Waals surface area (Å²) in [7, 11) is 0. The molecule has 1 aromatic rings. The minimum Gasteiger partial charge on any atom is -0.314 e. The molecule has 0 atom stereocenters. The van der Waals surface area contributed by atoms with E-state index in [2.05, 4.69) is 15.7 Å². The molecule has 0 radical (unpaired) electrons. The summed E-state index contributed by atoms with van der Waals surface area (Å²) >= 11 is 17.5. The molecule has 2 N–H and O–H groups in total. The van der Waals surface area contributed by atoms with Gasteiger partial charge < -0.3 is 5.32 Å². The van der Waals surface area contributed by atoms with Crippen molar-refractivity contribution < 1.29 is 0 Å². The first-order chi connectivity index (χ1) is 7.65. The van der Waals surface area contributed by atoms with Crippen LogP contribution in [-0.2, 0) is 0 Å². The van der Waals surface area contributed by atoms with Gasteiger partial charge in [-0.25, -0.2) is 4.99 Å². The highest BCUT2D eigenvalue weighted by molar-refractivity contribution is 6.33. The smallest absolute Gasteiger partial charge is 0.222 e. The molecule has 0 saturated heterocycles. The zero-order valence-corrected chi connectivity index (χ0v) is 10.2. The van der Waals surface area contributed by atoms with Crippen LogP contribution in [0.5, 0.6) is 0 Å². The van der Waals surface area contributed by atoms with Crippen molar-refractivity contribution in [3.05, 3.63) is 40.6 Å². The number of benzene rings is 1. The molecule has 1 heterocycles. The van der Waals surface area contributed by atoms with Crippen LogP contribution in [0, 0.1) is 0 Å². The lowest BCUT2D eigenvalue weighted by molar-refractivity contribution is 0.521. The topological polar surface area (TPSA) is 39.7 Å². The lowest BCUT2D eigenvalue weighted by Gasteiger charge is -2.22. The Kier molecular flexibility index (Phi) is 3.43. The highest BCUT2D eigenvalue weighted by atomic mass is 35.5. The summed E-state index contributed by atoms with van der Waals surface area (Å²) in [6, 6.07) is 7.20. The molecule has 0 fully saturated rings. The molecule has 0 saturated carbocycles. The summed E-state index contributed by atoms with van der Waals surface area (Å²) < 4.78 is 1.18. The fourth-order valence-electron chi connectivity index (χ4n) is 1.12. The van der Waals surface area contributed by atoms with Crippen LogP contribution in [0.1, 0.15) is 0 Å². The van der Waals surface area contributed by atoms with Crippen LogP contribution in [0.3, 0.4) is 0 Å². The molecule has 0 spiro atoms. The van der Waals surface area contributed by atoms with Gasteiger partial charge in [0.05, 0.1) is 16.9 Å².